The van der Waals surface area contributed by atoms with E-state index >= 15 is 0 Å². The van der Waals surface area contributed by atoms with E-state index in [9.17, 15) is 0 Å². The van der Waals surface area contributed by atoms with Crippen molar-refractivity contribution in [2.75, 3.05) is 6.54 Å². The number of nitrogens with zero attached hydrogens (tertiary/aromatic N) is 4. The molecule has 0 saturated carbocycles. The molecule has 0 amide bonds. The third-order valence-electron chi connectivity index (χ3n) is 3.55. The first kappa shape index (κ1) is 13.8. The second-order valence-corrected chi connectivity index (χ2v) is 4.88. The number of nitrogens with one attached hydrogen (secondary N) is 1. The van der Waals surface area contributed by atoms with Gasteiger partial charge in [-0.3, -0.25) is 4.68 Å². The van der Waals surface area contributed by atoms with Crippen LogP contribution in [0, 0.1) is 13.8 Å². The molecule has 104 valence electrons. The van der Waals surface area contributed by atoms with Crippen molar-refractivity contribution in [3.63, 3.8) is 0 Å². The molecule has 0 bridgehead atoms. The Hall–Kier alpha value is -1.62. The monoisotopic (exact) mass is 261 g/mol. The quantitative estimate of drug-likeness (QED) is 0.866. The molecule has 1 unspecified atom stereocenters. The van der Waals surface area contributed by atoms with Crippen LogP contribution < -0.4 is 5.32 Å². The molecule has 0 spiro atoms. The number of aryl methyl sites for hydroxylation is 2. The Bertz CT molecular complexity index is 512. The third kappa shape index (κ3) is 3.04. The fraction of sp³-hybridized carbons (Fsp3) is 0.571. The average Bonchev–Trinajstić information content (AvgIpc) is 2.97. The highest BCUT2D eigenvalue weighted by Gasteiger charge is 2.16. The van der Waals surface area contributed by atoms with Crippen LogP contribution in [0.15, 0.2) is 18.7 Å². The second kappa shape index (κ2) is 6.02. The van der Waals surface area contributed by atoms with Gasteiger partial charge in [-0.15, -0.1) is 0 Å². The standard InChI is InChI=1S/C14H23N5/c1-5-19-13(4)14(12(3)17-19)11(2)16-7-9-18-8-6-15-10-18/h6,8,10-11,16H,5,7,9H2,1-4H3. The Balaban J connectivity index is 1.96. The molecule has 19 heavy (non-hydrogen) atoms. The Kier molecular flexibility index (Phi) is 4.37. The molecule has 0 radical (unpaired) electrons. The fourth-order valence-corrected chi connectivity index (χ4v) is 2.58. The van der Waals surface area contributed by atoms with Crippen LogP contribution >= 0.6 is 0 Å². The maximum atomic E-state index is 4.57. The van der Waals surface area contributed by atoms with Gasteiger partial charge in [0.05, 0.1) is 12.0 Å². The van der Waals surface area contributed by atoms with Crippen LogP contribution in [0.1, 0.15) is 36.8 Å². The van der Waals surface area contributed by atoms with Gasteiger partial charge in [0.1, 0.15) is 0 Å². The van der Waals surface area contributed by atoms with Crippen molar-refractivity contribution >= 4 is 0 Å². The van der Waals surface area contributed by atoms with Crippen LogP contribution in [0.2, 0.25) is 0 Å². The van der Waals surface area contributed by atoms with E-state index in [2.05, 4.69) is 52.3 Å². The normalized spacial score (nSPS) is 12.8. The van der Waals surface area contributed by atoms with Gasteiger partial charge in [0.25, 0.3) is 0 Å². The van der Waals surface area contributed by atoms with E-state index in [4.69, 9.17) is 0 Å². The molecule has 2 aromatic rings. The fourth-order valence-electron chi connectivity index (χ4n) is 2.58. The van der Waals surface area contributed by atoms with Gasteiger partial charge in [0, 0.05) is 49.3 Å². The zero-order valence-corrected chi connectivity index (χ0v) is 12.2. The van der Waals surface area contributed by atoms with Gasteiger partial charge in [0.2, 0.25) is 0 Å². The van der Waals surface area contributed by atoms with Crippen LogP contribution in [0.3, 0.4) is 0 Å². The Morgan fingerprint density at radius 3 is 2.74 bits per heavy atom. The number of hydrogen-bond acceptors (Lipinski definition) is 3. The highest BCUT2D eigenvalue weighted by atomic mass is 15.3. The van der Waals surface area contributed by atoms with Gasteiger partial charge in [-0.05, 0) is 27.7 Å². The predicted octanol–water partition coefficient (Wildman–Crippen LogP) is 2.07. The summed E-state index contributed by atoms with van der Waals surface area (Å²) in [5.74, 6) is 0. The highest BCUT2D eigenvalue weighted by molar-refractivity contribution is 5.27. The Labute approximate surface area is 114 Å². The molecular weight excluding hydrogens is 238 g/mol. The highest BCUT2D eigenvalue weighted by Crippen LogP contribution is 2.21. The van der Waals surface area contributed by atoms with Crippen LogP contribution in [0.25, 0.3) is 0 Å². The van der Waals surface area contributed by atoms with Crippen molar-refractivity contribution < 1.29 is 0 Å². The van der Waals surface area contributed by atoms with E-state index in [1.54, 1.807) is 0 Å². The lowest BCUT2D eigenvalue weighted by atomic mass is 10.1. The van der Waals surface area contributed by atoms with E-state index in [0.717, 1.165) is 25.3 Å². The molecule has 1 N–H and O–H groups in total. The van der Waals surface area contributed by atoms with Gasteiger partial charge < -0.3 is 9.88 Å². The molecule has 5 heteroatoms. The minimum atomic E-state index is 0.323. The van der Waals surface area contributed by atoms with E-state index in [1.165, 1.54) is 11.3 Å². The van der Waals surface area contributed by atoms with Crippen molar-refractivity contribution in [2.24, 2.45) is 0 Å². The molecule has 2 rings (SSSR count). The van der Waals surface area contributed by atoms with Gasteiger partial charge in [-0.25, -0.2) is 4.98 Å². The van der Waals surface area contributed by atoms with Gasteiger partial charge in [0.15, 0.2) is 0 Å². The van der Waals surface area contributed by atoms with Crippen LogP contribution in [-0.4, -0.2) is 25.9 Å². The summed E-state index contributed by atoms with van der Waals surface area (Å²) in [7, 11) is 0. The molecule has 0 aliphatic heterocycles. The minimum Gasteiger partial charge on any atom is -0.336 e. The molecule has 2 aromatic heterocycles. The zero-order valence-electron chi connectivity index (χ0n) is 12.2. The van der Waals surface area contributed by atoms with E-state index < -0.39 is 0 Å². The molecule has 1 atom stereocenters. The lowest BCUT2D eigenvalue weighted by Gasteiger charge is -2.15. The van der Waals surface area contributed by atoms with Crippen LogP contribution in [0.4, 0.5) is 0 Å². The lowest BCUT2D eigenvalue weighted by molar-refractivity contribution is 0.526. The average molecular weight is 261 g/mol. The molecule has 0 fully saturated rings. The van der Waals surface area contributed by atoms with E-state index in [-0.39, 0.29) is 0 Å². The molecule has 0 saturated heterocycles. The smallest absolute Gasteiger partial charge is 0.0946 e. The van der Waals surface area contributed by atoms with Crippen molar-refractivity contribution in [1.29, 1.82) is 0 Å². The van der Waals surface area contributed by atoms with E-state index in [0.29, 0.717) is 6.04 Å². The summed E-state index contributed by atoms with van der Waals surface area (Å²) in [6, 6.07) is 0.323. The molecule has 0 aromatic carbocycles. The molecule has 0 aliphatic carbocycles. The van der Waals surface area contributed by atoms with Crippen molar-refractivity contribution in [3.8, 4) is 0 Å². The van der Waals surface area contributed by atoms with Gasteiger partial charge in [-0.2, -0.15) is 5.10 Å². The topological polar surface area (TPSA) is 47.7 Å². The van der Waals surface area contributed by atoms with Crippen molar-refractivity contribution in [2.45, 2.75) is 46.8 Å². The lowest BCUT2D eigenvalue weighted by Crippen LogP contribution is -2.24. The predicted molar refractivity (Wildman–Crippen MR) is 76.0 cm³/mol. The van der Waals surface area contributed by atoms with Crippen molar-refractivity contribution in [1.82, 2.24) is 24.6 Å². The number of aromatic nitrogens is 4. The Morgan fingerprint density at radius 2 is 2.16 bits per heavy atom. The number of rotatable bonds is 6. The first-order valence-electron chi connectivity index (χ1n) is 6.86. The first-order chi connectivity index (χ1) is 9.13. The summed E-state index contributed by atoms with van der Waals surface area (Å²) in [5, 5.41) is 8.12. The summed E-state index contributed by atoms with van der Waals surface area (Å²) >= 11 is 0. The largest absolute Gasteiger partial charge is 0.336 e. The van der Waals surface area contributed by atoms with Gasteiger partial charge in [-0.1, -0.05) is 0 Å². The zero-order chi connectivity index (χ0) is 13.8. The van der Waals surface area contributed by atoms with Crippen LogP contribution in [-0.2, 0) is 13.1 Å². The summed E-state index contributed by atoms with van der Waals surface area (Å²) in [5.41, 5.74) is 3.72. The maximum absolute atomic E-state index is 4.57. The van der Waals surface area contributed by atoms with Crippen LogP contribution in [0.5, 0.6) is 0 Å². The summed E-state index contributed by atoms with van der Waals surface area (Å²) in [6.45, 7) is 11.3. The molecule has 0 aliphatic rings. The second-order valence-electron chi connectivity index (χ2n) is 4.88. The summed E-state index contributed by atoms with van der Waals surface area (Å²) in [6.07, 6.45) is 5.64. The maximum Gasteiger partial charge on any atom is 0.0946 e. The van der Waals surface area contributed by atoms with Crippen molar-refractivity contribution in [3.05, 3.63) is 35.7 Å². The third-order valence-corrected chi connectivity index (χ3v) is 3.55. The molecule has 2 heterocycles. The SMILES string of the molecule is CCn1nc(C)c(C(C)NCCn2ccnc2)c1C. The Morgan fingerprint density at radius 1 is 1.37 bits per heavy atom. The molecular formula is C14H23N5. The minimum absolute atomic E-state index is 0.323. The summed E-state index contributed by atoms with van der Waals surface area (Å²) < 4.78 is 4.15. The summed E-state index contributed by atoms with van der Waals surface area (Å²) in [4.78, 5) is 4.04. The first-order valence-corrected chi connectivity index (χ1v) is 6.86. The molecule has 5 nitrogen and oxygen atoms in total. The van der Waals surface area contributed by atoms with E-state index in [1.807, 2.05) is 18.7 Å². The van der Waals surface area contributed by atoms with Gasteiger partial charge >= 0.3 is 0 Å². The number of imidazole rings is 1. The number of hydrogen-bond donors (Lipinski definition) is 1.